The molecule has 1 aromatic heterocycles. The summed E-state index contributed by atoms with van der Waals surface area (Å²) < 4.78 is 7.69. The van der Waals surface area contributed by atoms with Crippen molar-refractivity contribution in [1.82, 2.24) is 9.55 Å². The molecule has 1 aliphatic heterocycles. The Morgan fingerprint density at radius 3 is 2.94 bits per heavy atom. The largest absolute Gasteiger partial charge is 0.381 e. The van der Waals surface area contributed by atoms with E-state index in [4.69, 9.17) is 10.5 Å². The second-order valence-electron chi connectivity index (χ2n) is 4.96. The number of hydrogen-bond acceptors (Lipinski definition) is 3. The van der Waals surface area contributed by atoms with E-state index < -0.39 is 0 Å². The lowest BCUT2D eigenvalue weighted by Gasteiger charge is -2.30. The first-order valence-electron chi connectivity index (χ1n) is 6.21. The Labute approximate surface area is 95.8 Å². The van der Waals surface area contributed by atoms with Gasteiger partial charge in [-0.1, -0.05) is 0 Å². The molecule has 2 heterocycles. The van der Waals surface area contributed by atoms with E-state index in [0.29, 0.717) is 12.0 Å². The predicted molar refractivity (Wildman–Crippen MR) is 61.0 cm³/mol. The van der Waals surface area contributed by atoms with Gasteiger partial charge in [0.2, 0.25) is 0 Å². The number of imidazole rings is 1. The lowest BCUT2D eigenvalue weighted by molar-refractivity contribution is 0.179. The van der Waals surface area contributed by atoms with Gasteiger partial charge < -0.3 is 15.0 Å². The fourth-order valence-corrected chi connectivity index (χ4v) is 2.62. The minimum atomic E-state index is 0.0885. The van der Waals surface area contributed by atoms with E-state index in [9.17, 15) is 0 Å². The summed E-state index contributed by atoms with van der Waals surface area (Å²) >= 11 is 0. The van der Waals surface area contributed by atoms with Crippen LogP contribution in [0, 0.1) is 5.92 Å². The van der Waals surface area contributed by atoms with Gasteiger partial charge in [0.1, 0.15) is 0 Å². The van der Waals surface area contributed by atoms with Gasteiger partial charge in [0.05, 0.1) is 24.7 Å². The van der Waals surface area contributed by atoms with Gasteiger partial charge in [-0.2, -0.15) is 0 Å². The molecule has 2 fully saturated rings. The molecule has 1 saturated carbocycles. The standard InChI is InChI=1S/C12H19N3O/c13-12(9-4-5-16-7-9)11-6-14-8-15(11)10-2-1-3-10/h6,8-10,12H,1-5,7,13H2. The van der Waals surface area contributed by atoms with Crippen LogP contribution in [-0.2, 0) is 4.74 Å². The van der Waals surface area contributed by atoms with Crippen molar-refractivity contribution in [3.8, 4) is 0 Å². The molecule has 0 spiro atoms. The molecule has 0 radical (unpaired) electrons. The summed E-state index contributed by atoms with van der Waals surface area (Å²) in [6.07, 6.45) is 8.84. The maximum absolute atomic E-state index is 6.32. The number of nitrogens with zero attached hydrogens (tertiary/aromatic N) is 2. The fourth-order valence-electron chi connectivity index (χ4n) is 2.62. The Bertz CT molecular complexity index is 353. The molecule has 2 unspecified atom stereocenters. The van der Waals surface area contributed by atoms with Crippen molar-refractivity contribution in [2.75, 3.05) is 13.2 Å². The van der Waals surface area contributed by atoms with Crippen molar-refractivity contribution in [2.24, 2.45) is 11.7 Å². The fraction of sp³-hybridized carbons (Fsp3) is 0.750. The summed E-state index contributed by atoms with van der Waals surface area (Å²) in [4.78, 5) is 4.26. The second kappa shape index (κ2) is 4.18. The van der Waals surface area contributed by atoms with Gasteiger partial charge in [0.15, 0.2) is 0 Å². The van der Waals surface area contributed by atoms with E-state index >= 15 is 0 Å². The van der Waals surface area contributed by atoms with Gasteiger partial charge in [-0.3, -0.25) is 0 Å². The van der Waals surface area contributed by atoms with E-state index in [1.165, 1.54) is 25.0 Å². The van der Waals surface area contributed by atoms with Crippen LogP contribution in [0.2, 0.25) is 0 Å². The van der Waals surface area contributed by atoms with Crippen molar-refractivity contribution >= 4 is 0 Å². The van der Waals surface area contributed by atoms with Gasteiger partial charge in [-0.05, 0) is 25.7 Å². The Hall–Kier alpha value is -0.870. The Kier molecular flexibility index (Phi) is 2.69. The lowest BCUT2D eigenvalue weighted by atomic mass is 9.91. The number of rotatable bonds is 3. The van der Waals surface area contributed by atoms with Gasteiger partial charge in [-0.25, -0.2) is 4.98 Å². The smallest absolute Gasteiger partial charge is 0.0951 e. The van der Waals surface area contributed by atoms with E-state index in [1.54, 1.807) is 0 Å². The highest BCUT2D eigenvalue weighted by atomic mass is 16.5. The third-order valence-corrected chi connectivity index (χ3v) is 3.98. The topological polar surface area (TPSA) is 53.1 Å². The molecule has 88 valence electrons. The maximum atomic E-state index is 6.32. The van der Waals surface area contributed by atoms with Crippen LogP contribution < -0.4 is 5.73 Å². The summed E-state index contributed by atoms with van der Waals surface area (Å²) in [7, 11) is 0. The molecule has 16 heavy (non-hydrogen) atoms. The van der Waals surface area contributed by atoms with E-state index in [0.717, 1.165) is 19.6 Å². The molecule has 2 atom stereocenters. The van der Waals surface area contributed by atoms with E-state index in [-0.39, 0.29) is 6.04 Å². The van der Waals surface area contributed by atoms with E-state index in [2.05, 4.69) is 9.55 Å². The minimum Gasteiger partial charge on any atom is -0.381 e. The highest BCUT2D eigenvalue weighted by Crippen LogP contribution is 2.35. The van der Waals surface area contributed by atoms with Crippen LogP contribution in [0.5, 0.6) is 0 Å². The van der Waals surface area contributed by atoms with Crippen molar-refractivity contribution < 1.29 is 4.74 Å². The van der Waals surface area contributed by atoms with Crippen molar-refractivity contribution in [3.63, 3.8) is 0 Å². The molecule has 4 nitrogen and oxygen atoms in total. The lowest BCUT2D eigenvalue weighted by Crippen LogP contribution is -2.27. The normalized spacial score (nSPS) is 27.9. The zero-order chi connectivity index (χ0) is 11.0. The summed E-state index contributed by atoms with van der Waals surface area (Å²) in [5, 5.41) is 0. The average Bonchev–Trinajstić information content (AvgIpc) is 2.84. The van der Waals surface area contributed by atoms with Gasteiger partial charge in [0.25, 0.3) is 0 Å². The molecule has 2 N–H and O–H groups in total. The molecule has 3 rings (SSSR count). The van der Waals surface area contributed by atoms with Crippen LogP contribution in [-0.4, -0.2) is 22.8 Å². The number of ether oxygens (including phenoxy) is 1. The molecule has 1 aromatic rings. The minimum absolute atomic E-state index is 0.0885. The molecule has 2 aliphatic rings. The van der Waals surface area contributed by atoms with Gasteiger partial charge in [-0.15, -0.1) is 0 Å². The zero-order valence-electron chi connectivity index (χ0n) is 9.51. The second-order valence-corrected chi connectivity index (χ2v) is 4.96. The third kappa shape index (κ3) is 1.66. The van der Waals surface area contributed by atoms with Crippen molar-refractivity contribution in [2.45, 2.75) is 37.8 Å². The first kappa shape index (κ1) is 10.3. The summed E-state index contributed by atoms with van der Waals surface area (Å²) in [6, 6.07) is 0.733. The Morgan fingerprint density at radius 2 is 2.31 bits per heavy atom. The van der Waals surface area contributed by atoms with Crippen LogP contribution in [0.3, 0.4) is 0 Å². The first-order chi connectivity index (χ1) is 7.86. The highest BCUT2D eigenvalue weighted by Gasteiger charge is 2.29. The van der Waals surface area contributed by atoms with Gasteiger partial charge in [0, 0.05) is 24.8 Å². The SMILES string of the molecule is NC(c1cncn1C1CCC1)C1CCOC1. The molecule has 0 amide bonds. The van der Waals surface area contributed by atoms with Crippen LogP contribution >= 0.6 is 0 Å². The Morgan fingerprint density at radius 1 is 1.44 bits per heavy atom. The van der Waals surface area contributed by atoms with Crippen LogP contribution in [0.4, 0.5) is 0 Å². The molecular formula is C12H19N3O. The first-order valence-corrected chi connectivity index (χ1v) is 6.21. The summed E-state index contributed by atoms with van der Waals surface area (Å²) in [6.45, 7) is 1.66. The van der Waals surface area contributed by atoms with Crippen LogP contribution in [0.1, 0.15) is 43.5 Å². The highest BCUT2D eigenvalue weighted by molar-refractivity contribution is 5.09. The van der Waals surface area contributed by atoms with Crippen molar-refractivity contribution in [3.05, 3.63) is 18.2 Å². The Balaban J connectivity index is 1.79. The number of aromatic nitrogens is 2. The number of nitrogens with two attached hydrogens (primary N) is 1. The predicted octanol–water partition coefficient (Wildman–Crippen LogP) is 1.64. The van der Waals surface area contributed by atoms with Crippen LogP contribution in [0.25, 0.3) is 0 Å². The van der Waals surface area contributed by atoms with Crippen molar-refractivity contribution in [1.29, 1.82) is 0 Å². The van der Waals surface area contributed by atoms with Gasteiger partial charge >= 0.3 is 0 Å². The maximum Gasteiger partial charge on any atom is 0.0951 e. The summed E-state index contributed by atoms with van der Waals surface area (Å²) in [5.74, 6) is 0.468. The number of hydrogen-bond donors (Lipinski definition) is 1. The quantitative estimate of drug-likeness (QED) is 0.844. The van der Waals surface area contributed by atoms with Crippen LogP contribution in [0.15, 0.2) is 12.5 Å². The molecule has 0 bridgehead atoms. The molecular weight excluding hydrogens is 202 g/mol. The summed E-state index contributed by atoms with van der Waals surface area (Å²) in [5.41, 5.74) is 7.52. The molecule has 1 saturated heterocycles. The zero-order valence-corrected chi connectivity index (χ0v) is 9.51. The van der Waals surface area contributed by atoms with E-state index in [1.807, 2.05) is 12.5 Å². The average molecular weight is 221 g/mol. The monoisotopic (exact) mass is 221 g/mol. The third-order valence-electron chi connectivity index (χ3n) is 3.98. The molecule has 0 aromatic carbocycles. The molecule has 1 aliphatic carbocycles. The molecule has 4 heteroatoms.